The van der Waals surface area contributed by atoms with E-state index in [-0.39, 0.29) is 11.6 Å². The van der Waals surface area contributed by atoms with Crippen LogP contribution in [0.1, 0.15) is 6.42 Å². The highest BCUT2D eigenvalue weighted by atomic mass is 19.3. The van der Waals surface area contributed by atoms with Crippen LogP contribution in [0.25, 0.3) is 0 Å². The number of hydrogen-bond donors (Lipinski definition) is 1. The number of nitrogens with zero attached hydrogens (tertiary/aromatic N) is 2. The molecule has 1 aliphatic heterocycles. The van der Waals surface area contributed by atoms with E-state index in [4.69, 9.17) is 0 Å². The number of hydrogen-bond acceptors (Lipinski definition) is 3. The first-order valence-electron chi connectivity index (χ1n) is 3.55. The van der Waals surface area contributed by atoms with Crippen molar-refractivity contribution in [3.05, 3.63) is 11.6 Å². The van der Waals surface area contributed by atoms with Crippen LogP contribution in [0.3, 0.4) is 0 Å². The molecular formula is C7H10F2N2O. The van der Waals surface area contributed by atoms with Crippen LogP contribution in [0, 0.1) is 0 Å². The number of aliphatic hydroxyl groups excluding tert-OH is 1. The lowest BCUT2D eigenvalue weighted by Gasteiger charge is -2.21. The van der Waals surface area contributed by atoms with Crippen molar-refractivity contribution in [3.8, 4) is 0 Å². The predicted molar refractivity (Wildman–Crippen MR) is 41.4 cm³/mol. The molecule has 68 valence electrons. The van der Waals surface area contributed by atoms with Gasteiger partial charge in [-0.05, 0) is 0 Å². The lowest BCUT2D eigenvalue weighted by molar-refractivity contribution is 0.142. The first kappa shape index (κ1) is 8.96. The normalized spacial score (nSPS) is 17.8. The van der Waals surface area contributed by atoms with Crippen molar-refractivity contribution in [3.63, 3.8) is 0 Å². The number of rotatable bonds is 2. The van der Waals surface area contributed by atoms with Crippen LogP contribution >= 0.6 is 0 Å². The van der Waals surface area contributed by atoms with Crippen LogP contribution in [0.4, 0.5) is 8.78 Å². The fourth-order valence-electron chi connectivity index (χ4n) is 0.928. The zero-order chi connectivity index (χ0) is 9.14. The Hall–Kier alpha value is -1.13. The fraction of sp³-hybridized carbons (Fsp3) is 0.571. The number of alkyl halides is 2. The van der Waals surface area contributed by atoms with Crippen molar-refractivity contribution >= 4 is 6.21 Å². The molecule has 0 amide bonds. The predicted octanol–water partition coefficient (Wildman–Crippen LogP) is 1.38. The minimum absolute atomic E-state index is 0.0544. The fourth-order valence-corrected chi connectivity index (χ4v) is 0.928. The Labute approximate surface area is 69.0 Å². The van der Waals surface area contributed by atoms with Crippen LogP contribution in [0.2, 0.25) is 0 Å². The van der Waals surface area contributed by atoms with Crippen LogP contribution < -0.4 is 0 Å². The summed E-state index contributed by atoms with van der Waals surface area (Å²) in [5.41, 5.74) is 0.0544. The van der Waals surface area contributed by atoms with E-state index in [0.717, 1.165) is 0 Å². The Morgan fingerprint density at radius 3 is 3.00 bits per heavy atom. The molecule has 1 heterocycles. The summed E-state index contributed by atoms with van der Waals surface area (Å²) in [6.45, 7) is 0.457. The maximum atomic E-state index is 11.9. The van der Waals surface area contributed by atoms with E-state index in [1.165, 1.54) is 11.1 Å². The van der Waals surface area contributed by atoms with Crippen molar-refractivity contribution in [2.24, 2.45) is 4.99 Å². The second-order valence-electron chi connectivity index (χ2n) is 2.56. The minimum Gasteiger partial charge on any atom is -0.493 e. The number of aliphatic hydroxyl groups is 1. The molecule has 0 aromatic carbocycles. The number of allylic oxidation sites excluding steroid dienone is 1. The molecule has 0 aromatic heterocycles. The third-order valence-corrected chi connectivity index (χ3v) is 1.57. The van der Waals surface area contributed by atoms with Gasteiger partial charge in [0.05, 0.1) is 13.0 Å². The molecule has 0 bridgehead atoms. The van der Waals surface area contributed by atoms with Gasteiger partial charge in [0.1, 0.15) is 5.70 Å². The average molecular weight is 176 g/mol. The van der Waals surface area contributed by atoms with Crippen LogP contribution in [0.15, 0.2) is 16.6 Å². The first-order valence-corrected chi connectivity index (χ1v) is 3.55. The second kappa shape index (κ2) is 3.51. The Morgan fingerprint density at radius 1 is 1.75 bits per heavy atom. The Kier molecular flexibility index (Phi) is 2.62. The molecule has 0 saturated heterocycles. The standard InChI is InChI=1S/C7H10F2N2O/c1-11-3-2-10-5(7(11)12)4-6(8)9/h2,6,12H,3-4H2,1H3. The van der Waals surface area contributed by atoms with Gasteiger partial charge in [-0.1, -0.05) is 0 Å². The van der Waals surface area contributed by atoms with Gasteiger partial charge in [0, 0.05) is 13.3 Å². The lowest BCUT2D eigenvalue weighted by Crippen LogP contribution is -2.24. The average Bonchev–Trinajstić information content (AvgIpc) is 1.98. The molecule has 5 heteroatoms. The van der Waals surface area contributed by atoms with Crippen LogP contribution in [-0.2, 0) is 0 Å². The van der Waals surface area contributed by atoms with E-state index in [0.29, 0.717) is 6.54 Å². The first-order chi connectivity index (χ1) is 5.61. The molecule has 0 spiro atoms. The van der Waals surface area contributed by atoms with Gasteiger partial charge in [0.25, 0.3) is 0 Å². The second-order valence-corrected chi connectivity index (χ2v) is 2.56. The Morgan fingerprint density at radius 2 is 2.42 bits per heavy atom. The van der Waals surface area contributed by atoms with Crippen molar-refractivity contribution in [1.82, 2.24) is 4.90 Å². The zero-order valence-corrected chi connectivity index (χ0v) is 6.67. The quantitative estimate of drug-likeness (QED) is 0.690. The minimum atomic E-state index is -2.47. The monoisotopic (exact) mass is 176 g/mol. The molecule has 0 unspecified atom stereocenters. The molecule has 1 rings (SSSR count). The largest absolute Gasteiger partial charge is 0.493 e. The lowest BCUT2D eigenvalue weighted by atomic mass is 10.3. The summed E-state index contributed by atoms with van der Waals surface area (Å²) < 4.78 is 23.8. The van der Waals surface area contributed by atoms with Crippen molar-refractivity contribution in [2.45, 2.75) is 12.8 Å². The summed E-state index contributed by atoms with van der Waals surface area (Å²) in [7, 11) is 1.62. The summed E-state index contributed by atoms with van der Waals surface area (Å²) in [4.78, 5) is 5.15. The summed E-state index contributed by atoms with van der Waals surface area (Å²) in [5.74, 6) is -0.155. The molecule has 0 aliphatic carbocycles. The van der Waals surface area contributed by atoms with Gasteiger partial charge in [-0.15, -0.1) is 0 Å². The summed E-state index contributed by atoms with van der Waals surface area (Å²) in [6.07, 6.45) is -1.46. The number of aliphatic imine (C=N–C) groups is 1. The molecule has 0 aromatic rings. The molecule has 1 N–H and O–H groups in total. The van der Waals surface area contributed by atoms with E-state index in [1.54, 1.807) is 7.05 Å². The molecule has 12 heavy (non-hydrogen) atoms. The van der Waals surface area contributed by atoms with E-state index < -0.39 is 12.8 Å². The van der Waals surface area contributed by atoms with Gasteiger partial charge < -0.3 is 10.0 Å². The van der Waals surface area contributed by atoms with Gasteiger partial charge in [-0.2, -0.15) is 0 Å². The van der Waals surface area contributed by atoms with Crippen molar-refractivity contribution < 1.29 is 13.9 Å². The molecule has 0 atom stereocenters. The highest BCUT2D eigenvalue weighted by Crippen LogP contribution is 2.17. The number of halogens is 2. The summed E-state index contributed by atoms with van der Waals surface area (Å²) in [6, 6.07) is 0. The molecule has 0 radical (unpaired) electrons. The van der Waals surface area contributed by atoms with Gasteiger partial charge >= 0.3 is 0 Å². The maximum Gasteiger partial charge on any atom is 0.244 e. The van der Waals surface area contributed by atoms with E-state index in [2.05, 4.69) is 4.99 Å². The smallest absolute Gasteiger partial charge is 0.244 e. The van der Waals surface area contributed by atoms with E-state index in [9.17, 15) is 13.9 Å². The highest BCUT2D eigenvalue weighted by molar-refractivity contribution is 5.63. The molecular weight excluding hydrogens is 166 g/mol. The molecule has 3 nitrogen and oxygen atoms in total. The summed E-state index contributed by atoms with van der Waals surface area (Å²) >= 11 is 0. The third-order valence-electron chi connectivity index (χ3n) is 1.57. The Balaban J connectivity index is 2.72. The topological polar surface area (TPSA) is 35.8 Å². The van der Waals surface area contributed by atoms with Gasteiger partial charge in [0.2, 0.25) is 12.3 Å². The van der Waals surface area contributed by atoms with Gasteiger partial charge in [-0.3, -0.25) is 4.99 Å². The molecule has 1 aliphatic rings. The van der Waals surface area contributed by atoms with Crippen LogP contribution in [-0.4, -0.2) is 36.2 Å². The highest BCUT2D eigenvalue weighted by Gasteiger charge is 2.16. The SMILES string of the molecule is CN1CC=NC(CC(F)F)=C1O. The Bertz CT molecular complexity index is 225. The van der Waals surface area contributed by atoms with Crippen LogP contribution in [0.5, 0.6) is 0 Å². The van der Waals surface area contributed by atoms with E-state index >= 15 is 0 Å². The molecule has 0 fully saturated rings. The van der Waals surface area contributed by atoms with E-state index in [1.807, 2.05) is 0 Å². The third kappa shape index (κ3) is 1.93. The van der Waals surface area contributed by atoms with Crippen molar-refractivity contribution in [1.29, 1.82) is 0 Å². The van der Waals surface area contributed by atoms with Gasteiger partial charge in [-0.25, -0.2) is 8.78 Å². The summed E-state index contributed by atoms with van der Waals surface area (Å²) in [5, 5.41) is 9.24. The zero-order valence-electron chi connectivity index (χ0n) is 6.67. The van der Waals surface area contributed by atoms with Crippen molar-refractivity contribution in [2.75, 3.05) is 13.6 Å². The van der Waals surface area contributed by atoms with Gasteiger partial charge in [0.15, 0.2) is 0 Å². The maximum absolute atomic E-state index is 11.9. The molecule has 0 saturated carbocycles.